The zero-order valence-corrected chi connectivity index (χ0v) is 18.0. The number of carbonyl (C=O) groups is 3. The fourth-order valence-corrected chi connectivity index (χ4v) is 3.27. The highest BCUT2D eigenvalue weighted by Gasteiger charge is 2.31. The summed E-state index contributed by atoms with van der Waals surface area (Å²) >= 11 is 1.16. The number of halogens is 3. The SMILES string of the molecule is CC(C)NC(=O)CSc1ccccc1C(=O)OCC(=O)Nc1ccc(OC(F)(F)F)cc1. The molecule has 0 atom stereocenters. The van der Waals surface area contributed by atoms with Crippen molar-refractivity contribution in [2.75, 3.05) is 17.7 Å². The normalized spacial score (nSPS) is 11.1. The highest BCUT2D eigenvalue weighted by molar-refractivity contribution is 8.00. The van der Waals surface area contributed by atoms with E-state index < -0.39 is 30.6 Å². The van der Waals surface area contributed by atoms with E-state index in [0.717, 1.165) is 23.9 Å². The van der Waals surface area contributed by atoms with Crippen LogP contribution in [0.4, 0.5) is 18.9 Å². The molecule has 2 aromatic carbocycles. The Labute approximate surface area is 186 Å². The van der Waals surface area contributed by atoms with Gasteiger partial charge in [0.25, 0.3) is 5.91 Å². The lowest BCUT2D eigenvalue weighted by Gasteiger charge is -2.11. The first-order chi connectivity index (χ1) is 15.0. The van der Waals surface area contributed by atoms with Crippen molar-refractivity contribution in [2.24, 2.45) is 0 Å². The minimum atomic E-state index is -4.81. The van der Waals surface area contributed by atoms with Crippen molar-refractivity contribution in [2.45, 2.75) is 31.1 Å². The largest absolute Gasteiger partial charge is 0.573 e. The first-order valence-corrected chi connectivity index (χ1v) is 10.4. The number of esters is 1. The Balaban J connectivity index is 1.88. The molecule has 172 valence electrons. The first-order valence-electron chi connectivity index (χ1n) is 9.37. The molecule has 0 aromatic heterocycles. The molecule has 2 aromatic rings. The van der Waals surface area contributed by atoms with Gasteiger partial charge in [0.15, 0.2) is 6.61 Å². The van der Waals surface area contributed by atoms with E-state index in [1.165, 1.54) is 18.2 Å². The van der Waals surface area contributed by atoms with Crippen LogP contribution in [0.5, 0.6) is 5.75 Å². The van der Waals surface area contributed by atoms with Crippen LogP contribution in [0.2, 0.25) is 0 Å². The van der Waals surface area contributed by atoms with Gasteiger partial charge in [-0.05, 0) is 50.2 Å². The Morgan fingerprint density at radius 2 is 1.66 bits per heavy atom. The van der Waals surface area contributed by atoms with E-state index in [1.807, 2.05) is 13.8 Å². The van der Waals surface area contributed by atoms with Crippen LogP contribution < -0.4 is 15.4 Å². The van der Waals surface area contributed by atoms with Gasteiger partial charge in [0.1, 0.15) is 5.75 Å². The molecule has 0 aliphatic rings. The molecule has 0 aliphatic carbocycles. The van der Waals surface area contributed by atoms with Crippen LogP contribution in [0, 0.1) is 0 Å². The molecule has 0 radical (unpaired) electrons. The zero-order chi connectivity index (χ0) is 23.7. The number of anilines is 1. The molecular formula is C21H21F3N2O5S. The summed E-state index contributed by atoms with van der Waals surface area (Å²) in [6, 6.07) is 11.0. The molecule has 2 N–H and O–H groups in total. The summed E-state index contributed by atoms with van der Waals surface area (Å²) in [5.41, 5.74) is 0.406. The summed E-state index contributed by atoms with van der Waals surface area (Å²) in [4.78, 5) is 36.7. The van der Waals surface area contributed by atoms with Crippen LogP contribution in [0.3, 0.4) is 0 Å². The molecule has 7 nitrogen and oxygen atoms in total. The summed E-state index contributed by atoms with van der Waals surface area (Å²) in [5, 5.41) is 5.15. The number of hydrogen-bond donors (Lipinski definition) is 2. The van der Waals surface area contributed by atoms with Crippen molar-refractivity contribution >= 4 is 35.2 Å². The van der Waals surface area contributed by atoms with E-state index in [9.17, 15) is 27.6 Å². The van der Waals surface area contributed by atoms with E-state index in [-0.39, 0.29) is 29.0 Å². The quantitative estimate of drug-likeness (QED) is 0.425. The van der Waals surface area contributed by atoms with E-state index in [4.69, 9.17) is 4.74 Å². The highest BCUT2D eigenvalue weighted by Crippen LogP contribution is 2.25. The van der Waals surface area contributed by atoms with Gasteiger partial charge in [0.2, 0.25) is 5.91 Å². The molecule has 0 saturated carbocycles. The number of ether oxygens (including phenoxy) is 2. The van der Waals surface area contributed by atoms with Gasteiger partial charge < -0.3 is 20.1 Å². The van der Waals surface area contributed by atoms with Crippen molar-refractivity contribution in [3.05, 3.63) is 54.1 Å². The predicted octanol–water partition coefficient (Wildman–Crippen LogP) is 4.00. The number of hydrogen-bond acceptors (Lipinski definition) is 6. The molecule has 11 heteroatoms. The molecule has 0 aliphatic heterocycles. The second-order valence-corrected chi connectivity index (χ2v) is 7.72. The molecular weight excluding hydrogens is 449 g/mol. The monoisotopic (exact) mass is 470 g/mol. The van der Waals surface area contributed by atoms with Gasteiger partial charge in [0.05, 0.1) is 11.3 Å². The van der Waals surface area contributed by atoms with Gasteiger partial charge in [-0.3, -0.25) is 9.59 Å². The van der Waals surface area contributed by atoms with Crippen molar-refractivity contribution in [1.29, 1.82) is 0 Å². The van der Waals surface area contributed by atoms with Crippen LogP contribution in [0.25, 0.3) is 0 Å². The van der Waals surface area contributed by atoms with Gasteiger partial charge >= 0.3 is 12.3 Å². The van der Waals surface area contributed by atoms with Gasteiger partial charge in [-0.15, -0.1) is 24.9 Å². The Morgan fingerprint density at radius 1 is 1.00 bits per heavy atom. The molecule has 0 bridgehead atoms. The van der Waals surface area contributed by atoms with Crippen LogP contribution in [0.15, 0.2) is 53.4 Å². The maximum atomic E-state index is 12.4. The molecule has 0 unspecified atom stereocenters. The van der Waals surface area contributed by atoms with Crippen LogP contribution in [-0.4, -0.2) is 42.5 Å². The van der Waals surface area contributed by atoms with Gasteiger partial charge in [-0.1, -0.05) is 12.1 Å². The van der Waals surface area contributed by atoms with E-state index in [1.54, 1.807) is 18.2 Å². The number of nitrogens with one attached hydrogen (secondary N) is 2. The minimum absolute atomic E-state index is 0.00445. The predicted molar refractivity (Wildman–Crippen MR) is 112 cm³/mol. The number of alkyl halides is 3. The number of benzene rings is 2. The second kappa shape index (κ2) is 11.4. The van der Waals surface area contributed by atoms with Crippen molar-refractivity contribution in [3.8, 4) is 5.75 Å². The lowest BCUT2D eigenvalue weighted by atomic mass is 10.2. The summed E-state index contributed by atoms with van der Waals surface area (Å²) in [5.74, 6) is -1.93. The van der Waals surface area contributed by atoms with Gasteiger partial charge in [-0.2, -0.15) is 0 Å². The molecule has 0 heterocycles. The van der Waals surface area contributed by atoms with Crippen molar-refractivity contribution < 1.29 is 37.0 Å². The first kappa shape index (κ1) is 25.1. The summed E-state index contributed by atoms with van der Waals surface area (Å²) < 4.78 is 45.3. The third-order valence-electron chi connectivity index (χ3n) is 3.62. The molecule has 0 spiro atoms. The number of amides is 2. The third kappa shape index (κ3) is 8.88. The number of rotatable bonds is 9. The number of thioether (sulfide) groups is 1. The Morgan fingerprint density at radius 3 is 2.28 bits per heavy atom. The molecule has 0 fully saturated rings. The Hall–Kier alpha value is -3.21. The topological polar surface area (TPSA) is 93.7 Å². The Kier molecular flexibility index (Phi) is 8.94. The second-order valence-electron chi connectivity index (χ2n) is 6.70. The molecule has 2 rings (SSSR count). The van der Waals surface area contributed by atoms with Gasteiger partial charge in [0, 0.05) is 16.6 Å². The maximum absolute atomic E-state index is 12.4. The standard InChI is InChI=1S/C21H21F3N2O5S/c1-13(2)25-19(28)12-32-17-6-4-3-5-16(17)20(29)30-11-18(27)26-14-7-9-15(10-8-14)31-21(22,23)24/h3-10,13H,11-12H2,1-2H3,(H,25,28)(H,26,27). The van der Waals surface area contributed by atoms with E-state index in [2.05, 4.69) is 15.4 Å². The minimum Gasteiger partial charge on any atom is -0.452 e. The molecule has 2 amide bonds. The van der Waals surface area contributed by atoms with E-state index in [0.29, 0.717) is 4.90 Å². The summed E-state index contributed by atoms with van der Waals surface area (Å²) in [6.45, 7) is 3.07. The van der Waals surface area contributed by atoms with Crippen LogP contribution in [-0.2, 0) is 14.3 Å². The average Bonchev–Trinajstić information content (AvgIpc) is 2.70. The highest BCUT2D eigenvalue weighted by atomic mass is 32.2. The molecule has 32 heavy (non-hydrogen) atoms. The van der Waals surface area contributed by atoms with Gasteiger partial charge in [-0.25, -0.2) is 4.79 Å². The fraction of sp³-hybridized carbons (Fsp3) is 0.286. The van der Waals surface area contributed by atoms with Crippen molar-refractivity contribution in [3.63, 3.8) is 0 Å². The Bertz CT molecular complexity index is 949. The lowest BCUT2D eigenvalue weighted by Crippen LogP contribution is -2.31. The van der Waals surface area contributed by atoms with Crippen molar-refractivity contribution in [1.82, 2.24) is 5.32 Å². The summed E-state index contributed by atoms with van der Waals surface area (Å²) in [7, 11) is 0. The average molecular weight is 470 g/mol. The summed E-state index contributed by atoms with van der Waals surface area (Å²) in [6.07, 6.45) is -4.81. The lowest BCUT2D eigenvalue weighted by molar-refractivity contribution is -0.274. The van der Waals surface area contributed by atoms with Crippen LogP contribution in [0.1, 0.15) is 24.2 Å². The number of carbonyl (C=O) groups excluding carboxylic acids is 3. The zero-order valence-electron chi connectivity index (χ0n) is 17.2. The van der Waals surface area contributed by atoms with E-state index >= 15 is 0 Å². The smallest absolute Gasteiger partial charge is 0.452 e. The van der Waals surface area contributed by atoms with Crippen LogP contribution >= 0.6 is 11.8 Å². The maximum Gasteiger partial charge on any atom is 0.573 e. The third-order valence-corrected chi connectivity index (χ3v) is 4.69. The fourth-order valence-electron chi connectivity index (χ4n) is 2.41. The molecule has 0 saturated heterocycles.